The number of aliphatic hydroxyl groups is 1. The summed E-state index contributed by atoms with van der Waals surface area (Å²) >= 11 is 0. The van der Waals surface area contributed by atoms with Crippen molar-refractivity contribution in [2.45, 2.75) is 6.04 Å². The van der Waals surface area contributed by atoms with E-state index in [2.05, 4.69) is 9.97 Å². The van der Waals surface area contributed by atoms with Gasteiger partial charge in [-0.05, 0) is 48.0 Å². The Labute approximate surface area is 218 Å². The molecule has 1 aliphatic heterocycles. The number of aliphatic hydroxyl groups excluding tert-OH is 1. The van der Waals surface area contributed by atoms with E-state index in [-0.39, 0.29) is 22.8 Å². The number of H-pyrrole nitrogens is 1. The Balaban J connectivity index is 1.72. The lowest BCUT2D eigenvalue weighted by Crippen LogP contribution is -2.30. The maximum Gasteiger partial charge on any atom is 0.302 e. The highest BCUT2D eigenvalue weighted by molar-refractivity contribution is 6.51. The number of benzene rings is 3. The lowest BCUT2D eigenvalue weighted by molar-refractivity contribution is -0.132. The van der Waals surface area contributed by atoms with Gasteiger partial charge in [0.2, 0.25) is 5.95 Å². The lowest BCUT2D eigenvalue weighted by atomic mass is 9.95. The molecule has 0 spiro atoms. The summed E-state index contributed by atoms with van der Waals surface area (Å²) < 4.78 is 21.3. The van der Waals surface area contributed by atoms with Crippen LogP contribution in [0.5, 0.6) is 23.0 Å². The molecule has 10 nitrogen and oxygen atoms in total. The van der Waals surface area contributed by atoms with Crippen LogP contribution in [0.25, 0.3) is 16.8 Å². The molecule has 2 heterocycles. The number of nitrogens with one attached hydrogen (secondary N) is 1. The first-order valence-electron chi connectivity index (χ1n) is 11.6. The van der Waals surface area contributed by atoms with Gasteiger partial charge in [0, 0.05) is 11.6 Å². The molecular weight excluding hydrogens is 490 g/mol. The van der Waals surface area contributed by atoms with Crippen LogP contribution in [0, 0.1) is 0 Å². The van der Waals surface area contributed by atoms with E-state index in [0.717, 1.165) is 0 Å². The highest BCUT2D eigenvalue weighted by Gasteiger charge is 2.48. The van der Waals surface area contributed by atoms with Crippen LogP contribution >= 0.6 is 0 Å². The first kappa shape index (κ1) is 24.7. The number of nitrogens with zero attached hydrogens (tertiary/aromatic N) is 2. The number of aromatic amines is 1. The molecule has 5 rings (SSSR count). The van der Waals surface area contributed by atoms with E-state index in [1.165, 1.54) is 32.3 Å². The SMILES string of the molecule is COc1cccc(C2/C(=C(\O)c3ccc(OC)c(OC)c3)C(=O)C(=O)N2c2nc3ccc(OC)cc3[nH]2)c1. The van der Waals surface area contributed by atoms with Gasteiger partial charge in [0.15, 0.2) is 11.5 Å². The summed E-state index contributed by atoms with van der Waals surface area (Å²) in [7, 11) is 6.03. The summed E-state index contributed by atoms with van der Waals surface area (Å²) in [5.74, 6) is 0.0172. The molecule has 38 heavy (non-hydrogen) atoms. The van der Waals surface area contributed by atoms with E-state index in [4.69, 9.17) is 18.9 Å². The third-order valence-corrected chi connectivity index (χ3v) is 6.42. The number of ketones is 1. The Kier molecular flexibility index (Phi) is 6.38. The molecule has 1 aromatic heterocycles. The van der Waals surface area contributed by atoms with Crippen LogP contribution in [-0.4, -0.2) is 55.2 Å². The predicted octanol–water partition coefficient (Wildman–Crippen LogP) is 4.22. The molecule has 1 saturated heterocycles. The molecule has 0 saturated carbocycles. The van der Waals surface area contributed by atoms with Gasteiger partial charge in [-0.2, -0.15) is 0 Å². The van der Waals surface area contributed by atoms with Crippen molar-refractivity contribution in [3.05, 3.63) is 77.4 Å². The molecule has 10 heteroatoms. The molecule has 0 radical (unpaired) electrons. The smallest absolute Gasteiger partial charge is 0.302 e. The summed E-state index contributed by atoms with van der Waals surface area (Å²) in [6.45, 7) is 0. The van der Waals surface area contributed by atoms with Crippen molar-refractivity contribution < 1.29 is 33.6 Å². The molecule has 1 unspecified atom stereocenters. The number of aromatic nitrogens is 2. The molecule has 1 fully saturated rings. The topological polar surface area (TPSA) is 123 Å². The van der Waals surface area contributed by atoms with Gasteiger partial charge in [-0.15, -0.1) is 0 Å². The first-order chi connectivity index (χ1) is 18.4. The Bertz CT molecular complexity index is 1590. The average Bonchev–Trinajstić information content (AvgIpc) is 3.49. The predicted molar refractivity (Wildman–Crippen MR) is 140 cm³/mol. The molecule has 3 aromatic carbocycles. The maximum atomic E-state index is 13.5. The molecule has 1 amide bonds. The zero-order chi connectivity index (χ0) is 27.0. The first-order valence-corrected chi connectivity index (χ1v) is 11.6. The van der Waals surface area contributed by atoms with Gasteiger partial charge in [0.25, 0.3) is 5.78 Å². The Morgan fingerprint density at radius 1 is 0.868 bits per heavy atom. The van der Waals surface area contributed by atoms with Crippen molar-refractivity contribution in [3.63, 3.8) is 0 Å². The number of imidazole rings is 1. The van der Waals surface area contributed by atoms with Crippen LogP contribution in [0.1, 0.15) is 17.2 Å². The van der Waals surface area contributed by atoms with Gasteiger partial charge in [-0.1, -0.05) is 12.1 Å². The van der Waals surface area contributed by atoms with Crippen molar-refractivity contribution in [2.75, 3.05) is 33.3 Å². The van der Waals surface area contributed by atoms with E-state index < -0.39 is 17.7 Å². The van der Waals surface area contributed by atoms with E-state index in [9.17, 15) is 14.7 Å². The summed E-state index contributed by atoms with van der Waals surface area (Å²) in [5, 5.41) is 11.4. The van der Waals surface area contributed by atoms with Gasteiger partial charge < -0.3 is 29.0 Å². The van der Waals surface area contributed by atoms with Crippen LogP contribution in [0.2, 0.25) is 0 Å². The van der Waals surface area contributed by atoms with Crippen LogP contribution in [0.3, 0.4) is 0 Å². The zero-order valence-corrected chi connectivity index (χ0v) is 21.1. The highest BCUT2D eigenvalue weighted by Crippen LogP contribution is 2.43. The van der Waals surface area contributed by atoms with Gasteiger partial charge >= 0.3 is 5.91 Å². The van der Waals surface area contributed by atoms with Crippen LogP contribution in [0.15, 0.2) is 66.2 Å². The Morgan fingerprint density at radius 2 is 1.61 bits per heavy atom. The molecule has 0 aliphatic carbocycles. The van der Waals surface area contributed by atoms with E-state index in [1.54, 1.807) is 61.7 Å². The molecule has 0 bridgehead atoms. The van der Waals surface area contributed by atoms with Crippen molar-refractivity contribution in [3.8, 4) is 23.0 Å². The van der Waals surface area contributed by atoms with E-state index >= 15 is 0 Å². The number of anilines is 1. The van der Waals surface area contributed by atoms with Gasteiger partial charge in [0.1, 0.15) is 17.3 Å². The van der Waals surface area contributed by atoms with Crippen LogP contribution < -0.4 is 23.8 Å². The fourth-order valence-corrected chi connectivity index (χ4v) is 4.53. The Morgan fingerprint density at radius 3 is 2.32 bits per heavy atom. The number of amides is 1. The van der Waals surface area contributed by atoms with Gasteiger partial charge in [0.05, 0.1) is 51.1 Å². The molecular formula is C28H25N3O7. The number of carbonyl (C=O) groups is 2. The second-order valence-electron chi connectivity index (χ2n) is 8.46. The number of fused-ring (bicyclic) bond motifs is 1. The third-order valence-electron chi connectivity index (χ3n) is 6.42. The standard InChI is InChI=1S/C28H25N3O7/c1-35-17-7-5-6-15(12-17)24-23(25(32)16-8-11-21(37-3)22(13-16)38-4)26(33)27(34)31(24)28-29-19-10-9-18(36-2)14-20(19)30-28/h5-14,24,32H,1-4H3,(H,29,30)/b25-23+. The number of ether oxygens (including phenoxy) is 4. The summed E-state index contributed by atoms with van der Waals surface area (Å²) in [6, 6.07) is 15.9. The fraction of sp³-hybridized carbons (Fsp3) is 0.179. The monoisotopic (exact) mass is 515 g/mol. The van der Waals surface area contributed by atoms with Crippen molar-refractivity contribution in [2.24, 2.45) is 0 Å². The lowest BCUT2D eigenvalue weighted by Gasteiger charge is -2.23. The number of hydrogen-bond acceptors (Lipinski definition) is 8. The average molecular weight is 516 g/mol. The minimum Gasteiger partial charge on any atom is -0.507 e. The second-order valence-corrected chi connectivity index (χ2v) is 8.46. The molecule has 194 valence electrons. The van der Waals surface area contributed by atoms with Crippen molar-refractivity contribution in [1.29, 1.82) is 0 Å². The Hall–Kier alpha value is -4.99. The molecule has 2 N–H and O–H groups in total. The van der Waals surface area contributed by atoms with Gasteiger partial charge in [-0.25, -0.2) is 4.98 Å². The maximum absolute atomic E-state index is 13.5. The second kappa shape index (κ2) is 9.81. The molecule has 4 aromatic rings. The summed E-state index contributed by atoms with van der Waals surface area (Å²) in [4.78, 5) is 35.9. The minimum absolute atomic E-state index is 0.103. The van der Waals surface area contributed by atoms with Crippen LogP contribution in [0.4, 0.5) is 5.95 Å². The minimum atomic E-state index is -0.999. The van der Waals surface area contributed by atoms with Crippen LogP contribution in [-0.2, 0) is 9.59 Å². The quantitative estimate of drug-likeness (QED) is 0.213. The number of Topliss-reactive ketones (excluding diaryl/α,β-unsaturated/α-hetero) is 1. The van der Waals surface area contributed by atoms with Crippen molar-refractivity contribution in [1.82, 2.24) is 9.97 Å². The summed E-state index contributed by atoms with van der Waals surface area (Å²) in [6.07, 6.45) is 0. The molecule has 1 aliphatic rings. The zero-order valence-electron chi connectivity index (χ0n) is 21.1. The van der Waals surface area contributed by atoms with Crippen molar-refractivity contribution >= 4 is 34.4 Å². The number of rotatable bonds is 7. The van der Waals surface area contributed by atoms with E-state index in [0.29, 0.717) is 39.6 Å². The number of methoxy groups -OCH3 is 4. The fourth-order valence-electron chi connectivity index (χ4n) is 4.53. The normalized spacial score (nSPS) is 16.6. The third kappa shape index (κ3) is 4.05. The molecule has 1 atom stereocenters. The largest absolute Gasteiger partial charge is 0.507 e. The highest BCUT2D eigenvalue weighted by atomic mass is 16.5. The number of hydrogen-bond donors (Lipinski definition) is 2. The van der Waals surface area contributed by atoms with Gasteiger partial charge in [-0.3, -0.25) is 14.5 Å². The van der Waals surface area contributed by atoms with E-state index in [1.807, 2.05) is 0 Å². The summed E-state index contributed by atoms with van der Waals surface area (Å²) in [5.41, 5.74) is 1.91. The number of carbonyl (C=O) groups excluding carboxylic acids is 2.